The molecule has 1 aliphatic carbocycles. The Kier molecular flexibility index (Phi) is 6.58. The van der Waals surface area contributed by atoms with E-state index in [4.69, 9.17) is 0 Å². The molecule has 24 heavy (non-hydrogen) atoms. The average Bonchev–Trinajstić information content (AvgIpc) is 2.55. The summed E-state index contributed by atoms with van der Waals surface area (Å²) in [5.41, 5.74) is 0.392. The molecule has 1 unspecified atom stereocenters. The zero-order chi connectivity index (χ0) is 17.5. The van der Waals surface area contributed by atoms with E-state index in [1.54, 1.807) is 18.2 Å². The standard InChI is InChI=1S/C18H27N3O3/c1-13(2)12-16(18(22)19-14-8-4-3-5-9-14)20-15-10-6-7-11-17(15)21(23)24/h6-7,10-11,13-14,16,20H,3-5,8-9,12H2,1-2H3,(H,19,22). The first-order valence-corrected chi connectivity index (χ1v) is 8.77. The summed E-state index contributed by atoms with van der Waals surface area (Å²) < 4.78 is 0. The van der Waals surface area contributed by atoms with Crippen molar-refractivity contribution < 1.29 is 9.72 Å². The van der Waals surface area contributed by atoms with Crippen molar-refractivity contribution in [2.75, 3.05) is 5.32 Å². The van der Waals surface area contributed by atoms with E-state index < -0.39 is 11.0 Å². The third kappa shape index (κ3) is 5.22. The molecule has 1 aromatic rings. The lowest BCUT2D eigenvalue weighted by Gasteiger charge is -2.27. The lowest BCUT2D eigenvalue weighted by Crippen LogP contribution is -2.45. The molecule has 6 nitrogen and oxygen atoms in total. The number of para-hydroxylation sites is 2. The highest BCUT2D eigenvalue weighted by Gasteiger charge is 2.25. The number of carbonyl (C=O) groups excluding carboxylic acids is 1. The predicted molar refractivity (Wildman–Crippen MR) is 95.0 cm³/mol. The van der Waals surface area contributed by atoms with Crippen LogP contribution in [-0.2, 0) is 4.79 Å². The van der Waals surface area contributed by atoms with E-state index in [0.29, 0.717) is 18.0 Å². The van der Waals surface area contributed by atoms with Gasteiger partial charge in [-0.1, -0.05) is 45.2 Å². The number of amides is 1. The SMILES string of the molecule is CC(C)CC(Nc1ccccc1[N+](=O)[O-])C(=O)NC1CCCCC1. The molecule has 0 heterocycles. The van der Waals surface area contributed by atoms with Crippen LogP contribution in [0.2, 0.25) is 0 Å². The third-order valence-corrected chi connectivity index (χ3v) is 4.41. The summed E-state index contributed by atoms with van der Waals surface area (Å²) in [5.74, 6) is 0.246. The molecule has 2 rings (SSSR count). The minimum Gasteiger partial charge on any atom is -0.368 e. The Hall–Kier alpha value is -2.11. The molecule has 0 radical (unpaired) electrons. The Labute approximate surface area is 143 Å². The molecule has 0 bridgehead atoms. The molecule has 2 N–H and O–H groups in total. The largest absolute Gasteiger partial charge is 0.368 e. The molecule has 0 spiro atoms. The van der Waals surface area contributed by atoms with Gasteiger partial charge in [0.1, 0.15) is 11.7 Å². The van der Waals surface area contributed by atoms with E-state index in [-0.39, 0.29) is 17.6 Å². The van der Waals surface area contributed by atoms with Crippen molar-refractivity contribution in [3.8, 4) is 0 Å². The Morgan fingerprint density at radius 2 is 1.92 bits per heavy atom. The number of nitrogens with one attached hydrogen (secondary N) is 2. The van der Waals surface area contributed by atoms with E-state index in [1.807, 2.05) is 13.8 Å². The second-order valence-corrected chi connectivity index (χ2v) is 6.94. The number of nitro benzene ring substituents is 1. The second kappa shape index (κ2) is 8.66. The summed E-state index contributed by atoms with van der Waals surface area (Å²) >= 11 is 0. The van der Waals surface area contributed by atoms with Gasteiger partial charge in [0.15, 0.2) is 0 Å². The van der Waals surface area contributed by atoms with E-state index in [0.717, 1.165) is 25.7 Å². The summed E-state index contributed by atoms with van der Waals surface area (Å²) in [4.78, 5) is 23.4. The monoisotopic (exact) mass is 333 g/mol. The van der Waals surface area contributed by atoms with Crippen molar-refractivity contribution in [1.82, 2.24) is 5.32 Å². The summed E-state index contributed by atoms with van der Waals surface area (Å²) in [6.07, 6.45) is 6.20. The van der Waals surface area contributed by atoms with Gasteiger partial charge >= 0.3 is 0 Å². The van der Waals surface area contributed by atoms with Gasteiger partial charge in [-0.15, -0.1) is 0 Å². The van der Waals surface area contributed by atoms with Crippen LogP contribution in [-0.4, -0.2) is 22.9 Å². The lowest BCUT2D eigenvalue weighted by atomic mass is 9.94. The molecule has 1 fully saturated rings. The summed E-state index contributed by atoms with van der Waals surface area (Å²) in [6, 6.07) is 6.23. The molecule has 1 saturated carbocycles. The molecule has 1 aromatic carbocycles. The predicted octanol–water partition coefficient (Wildman–Crippen LogP) is 3.87. The molecule has 1 amide bonds. The smallest absolute Gasteiger partial charge is 0.292 e. The Morgan fingerprint density at radius 1 is 1.25 bits per heavy atom. The highest BCUT2D eigenvalue weighted by atomic mass is 16.6. The van der Waals surface area contributed by atoms with Crippen LogP contribution in [0.4, 0.5) is 11.4 Å². The summed E-state index contributed by atoms with van der Waals surface area (Å²) in [5, 5.41) is 17.4. The van der Waals surface area contributed by atoms with Gasteiger partial charge in [-0.05, 0) is 31.2 Å². The normalized spacial score (nSPS) is 16.6. The van der Waals surface area contributed by atoms with Gasteiger partial charge in [-0.2, -0.15) is 0 Å². The van der Waals surface area contributed by atoms with E-state index in [2.05, 4.69) is 10.6 Å². The first-order chi connectivity index (χ1) is 11.5. The van der Waals surface area contributed by atoms with Gasteiger partial charge < -0.3 is 10.6 Å². The van der Waals surface area contributed by atoms with Crippen LogP contribution in [0.3, 0.4) is 0 Å². The van der Waals surface area contributed by atoms with Crippen molar-refractivity contribution in [2.45, 2.75) is 64.5 Å². The Bertz CT molecular complexity index is 568. The Balaban J connectivity index is 2.10. The Morgan fingerprint density at radius 3 is 2.54 bits per heavy atom. The summed E-state index contributed by atoms with van der Waals surface area (Å²) in [6.45, 7) is 4.09. The van der Waals surface area contributed by atoms with Crippen LogP contribution in [0.5, 0.6) is 0 Å². The number of nitro groups is 1. The van der Waals surface area contributed by atoms with Crippen LogP contribution in [0, 0.1) is 16.0 Å². The van der Waals surface area contributed by atoms with E-state index >= 15 is 0 Å². The number of rotatable bonds is 7. The maximum Gasteiger partial charge on any atom is 0.292 e. The maximum absolute atomic E-state index is 12.7. The van der Waals surface area contributed by atoms with Crippen molar-refractivity contribution >= 4 is 17.3 Å². The van der Waals surface area contributed by atoms with Crippen molar-refractivity contribution in [3.05, 3.63) is 34.4 Å². The fourth-order valence-electron chi connectivity index (χ4n) is 3.19. The van der Waals surface area contributed by atoms with Gasteiger partial charge in [0, 0.05) is 12.1 Å². The molecular weight excluding hydrogens is 306 g/mol. The molecule has 0 saturated heterocycles. The topological polar surface area (TPSA) is 84.3 Å². The van der Waals surface area contributed by atoms with Crippen LogP contribution < -0.4 is 10.6 Å². The molecule has 132 valence electrons. The van der Waals surface area contributed by atoms with Gasteiger partial charge in [0.2, 0.25) is 5.91 Å². The lowest BCUT2D eigenvalue weighted by molar-refractivity contribution is -0.384. The van der Waals surface area contributed by atoms with E-state index in [9.17, 15) is 14.9 Å². The van der Waals surface area contributed by atoms with Crippen LogP contribution in [0.1, 0.15) is 52.4 Å². The molecule has 0 aromatic heterocycles. The molecular formula is C18H27N3O3. The average molecular weight is 333 g/mol. The minimum absolute atomic E-state index is 0.00303. The number of anilines is 1. The summed E-state index contributed by atoms with van der Waals surface area (Å²) in [7, 11) is 0. The second-order valence-electron chi connectivity index (χ2n) is 6.94. The van der Waals surface area contributed by atoms with Crippen LogP contribution in [0.25, 0.3) is 0 Å². The molecule has 0 aliphatic heterocycles. The van der Waals surface area contributed by atoms with Crippen molar-refractivity contribution in [2.24, 2.45) is 5.92 Å². The number of nitrogens with zero attached hydrogens (tertiary/aromatic N) is 1. The van der Waals surface area contributed by atoms with Crippen molar-refractivity contribution in [1.29, 1.82) is 0 Å². The third-order valence-electron chi connectivity index (χ3n) is 4.41. The number of benzene rings is 1. The first-order valence-electron chi connectivity index (χ1n) is 8.77. The van der Waals surface area contributed by atoms with Crippen LogP contribution in [0.15, 0.2) is 24.3 Å². The zero-order valence-corrected chi connectivity index (χ0v) is 14.5. The van der Waals surface area contributed by atoms with Crippen molar-refractivity contribution in [3.63, 3.8) is 0 Å². The fourth-order valence-corrected chi connectivity index (χ4v) is 3.19. The van der Waals surface area contributed by atoms with Gasteiger partial charge in [0.05, 0.1) is 4.92 Å². The zero-order valence-electron chi connectivity index (χ0n) is 14.5. The van der Waals surface area contributed by atoms with Gasteiger partial charge in [0.25, 0.3) is 5.69 Å². The first kappa shape index (κ1) is 18.2. The number of carbonyl (C=O) groups is 1. The highest BCUT2D eigenvalue weighted by molar-refractivity contribution is 5.85. The minimum atomic E-state index is -0.465. The van der Waals surface area contributed by atoms with E-state index in [1.165, 1.54) is 12.5 Å². The molecule has 6 heteroatoms. The quantitative estimate of drug-likeness (QED) is 0.586. The number of hydrogen-bond donors (Lipinski definition) is 2. The highest BCUT2D eigenvalue weighted by Crippen LogP contribution is 2.25. The molecule has 1 aliphatic rings. The molecule has 1 atom stereocenters. The van der Waals surface area contributed by atoms with Gasteiger partial charge in [-0.25, -0.2) is 0 Å². The van der Waals surface area contributed by atoms with Gasteiger partial charge in [-0.3, -0.25) is 14.9 Å². The number of hydrogen-bond acceptors (Lipinski definition) is 4. The van der Waals surface area contributed by atoms with Crippen LogP contribution >= 0.6 is 0 Å². The fraction of sp³-hybridized carbons (Fsp3) is 0.611. The maximum atomic E-state index is 12.7.